The number of hydrogen-bond donors (Lipinski definition) is 2. The van der Waals surface area contributed by atoms with Crippen LogP contribution in [0, 0.1) is 0 Å². The molecule has 0 aromatic heterocycles. The van der Waals surface area contributed by atoms with E-state index in [1.807, 2.05) is 0 Å². The molecule has 1 amide bonds. The van der Waals surface area contributed by atoms with Crippen molar-refractivity contribution < 1.29 is 17.9 Å². The maximum absolute atomic E-state index is 12.3. The molecule has 126 valence electrons. The van der Waals surface area contributed by atoms with E-state index in [1.165, 1.54) is 17.8 Å². The summed E-state index contributed by atoms with van der Waals surface area (Å²) in [6, 6.07) is 6.43. The normalized spacial score (nSPS) is 15.0. The number of benzene rings is 1. The molecule has 1 aromatic carbocycles. The van der Waals surface area contributed by atoms with Gasteiger partial charge in [-0.05, 0) is 26.0 Å². The first-order valence-corrected chi connectivity index (χ1v) is 9.79. The van der Waals surface area contributed by atoms with Gasteiger partial charge in [-0.3, -0.25) is 14.5 Å². The number of amides is 1. The van der Waals surface area contributed by atoms with Crippen LogP contribution in [-0.4, -0.2) is 43.6 Å². The van der Waals surface area contributed by atoms with Crippen molar-refractivity contribution in [3.8, 4) is 5.75 Å². The molecule has 0 spiro atoms. The highest BCUT2D eigenvalue weighted by atomic mass is 32.2. The van der Waals surface area contributed by atoms with Gasteiger partial charge in [-0.25, -0.2) is 8.42 Å². The third-order valence-electron chi connectivity index (χ3n) is 2.86. The summed E-state index contributed by atoms with van der Waals surface area (Å²) in [4.78, 5) is 16.5. The lowest BCUT2D eigenvalue weighted by molar-refractivity contribution is -0.132. The predicted molar refractivity (Wildman–Crippen MR) is 92.5 cm³/mol. The summed E-state index contributed by atoms with van der Waals surface area (Å²) in [5.41, 5.74) is -0.757. The van der Waals surface area contributed by atoms with Gasteiger partial charge in [0.15, 0.2) is 10.8 Å². The highest BCUT2D eigenvalue weighted by Crippen LogP contribution is 2.23. The molecule has 0 aliphatic carbocycles. The molecule has 23 heavy (non-hydrogen) atoms. The van der Waals surface area contributed by atoms with Crippen LogP contribution in [-0.2, 0) is 14.8 Å². The largest absolute Gasteiger partial charge is 0.478 e. The molecule has 0 unspecified atom stereocenters. The van der Waals surface area contributed by atoms with Crippen molar-refractivity contribution in [3.05, 3.63) is 24.3 Å². The van der Waals surface area contributed by atoms with Gasteiger partial charge in [-0.15, -0.1) is 0 Å². The Morgan fingerprint density at radius 2 is 2.13 bits per heavy atom. The second kappa shape index (κ2) is 6.79. The SMILES string of the molecule is CC(C)(Oc1cccc(NS(C)(=O)=O)c1)C(=O)NC1=NCCS1. The summed E-state index contributed by atoms with van der Waals surface area (Å²) in [7, 11) is -3.37. The Labute approximate surface area is 139 Å². The fourth-order valence-corrected chi connectivity index (χ4v) is 3.12. The van der Waals surface area contributed by atoms with Crippen LogP contribution in [0.15, 0.2) is 29.3 Å². The average Bonchev–Trinajstić information content (AvgIpc) is 2.89. The molecule has 9 heteroatoms. The van der Waals surface area contributed by atoms with Crippen LogP contribution >= 0.6 is 11.8 Å². The standard InChI is InChI=1S/C14H19N3O4S2/c1-14(2,12(18)16-13-15-7-8-22-13)21-11-6-4-5-10(9-11)17-23(3,19)20/h4-6,9,17H,7-8H2,1-3H3,(H,15,16,18). The van der Waals surface area contributed by atoms with Crippen molar-refractivity contribution in [1.29, 1.82) is 0 Å². The van der Waals surface area contributed by atoms with Crippen LogP contribution < -0.4 is 14.8 Å². The summed E-state index contributed by atoms with van der Waals surface area (Å²) in [5.74, 6) is 0.933. The van der Waals surface area contributed by atoms with E-state index in [0.717, 1.165) is 12.0 Å². The monoisotopic (exact) mass is 357 g/mol. The van der Waals surface area contributed by atoms with Gasteiger partial charge in [0.05, 0.1) is 18.5 Å². The summed E-state index contributed by atoms with van der Waals surface area (Å²) < 4.78 is 30.6. The van der Waals surface area contributed by atoms with Crippen LogP contribution in [0.25, 0.3) is 0 Å². The zero-order chi connectivity index (χ0) is 17.1. The molecule has 2 N–H and O–H groups in total. The number of rotatable bonds is 5. The van der Waals surface area contributed by atoms with Gasteiger partial charge in [-0.2, -0.15) is 0 Å². The van der Waals surface area contributed by atoms with E-state index in [0.29, 0.717) is 23.1 Å². The molecule has 7 nitrogen and oxygen atoms in total. The molecule has 1 aliphatic rings. The number of carbonyl (C=O) groups excluding carboxylic acids is 1. The van der Waals surface area contributed by atoms with Crippen LogP contribution in [0.3, 0.4) is 0 Å². The lowest BCUT2D eigenvalue weighted by atomic mass is 10.1. The molecule has 0 radical (unpaired) electrons. The Hall–Kier alpha value is -1.74. The molecule has 2 rings (SSSR count). The molecular weight excluding hydrogens is 338 g/mol. The predicted octanol–water partition coefficient (Wildman–Crippen LogP) is 1.43. The average molecular weight is 357 g/mol. The second-order valence-corrected chi connectivity index (χ2v) is 8.34. The summed E-state index contributed by atoms with van der Waals surface area (Å²) in [6.07, 6.45) is 1.07. The van der Waals surface area contributed by atoms with Crippen LogP contribution in [0.5, 0.6) is 5.75 Å². The van der Waals surface area contributed by atoms with E-state index in [9.17, 15) is 13.2 Å². The lowest BCUT2D eigenvalue weighted by Gasteiger charge is -2.25. The van der Waals surface area contributed by atoms with E-state index in [1.54, 1.807) is 32.0 Å². The number of carbonyl (C=O) groups is 1. The van der Waals surface area contributed by atoms with Crippen LogP contribution in [0.4, 0.5) is 5.69 Å². The molecule has 0 saturated heterocycles. The van der Waals surface area contributed by atoms with E-state index >= 15 is 0 Å². The number of amidine groups is 1. The van der Waals surface area contributed by atoms with Gasteiger partial charge < -0.3 is 10.1 Å². The number of sulfonamides is 1. The number of ether oxygens (including phenoxy) is 1. The molecule has 1 heterocycles. The Bertz CT molecular complexity index is 729. The summed E-state index contributed by atoms with van der Waals surface area (Å²) >= 11 is 1.49. The lowest BCUT2D eigenvalue weighted by Crippen LogP contribution is -2.47. The minimum atomic E-state index is -3.37. The zero-order valence-corrected chi connectivity index (χ0v) is 14.8. The Balaban J connectivity index is 2.07. The van der Waals surface area contributed by atoms with Crippen LogP contribution in [0.2, 0.25) is 0 Å². The number of nitrogens with zero attached hydrogens (tertiary/aromatic N) is 1. The number of nitrogens with one attached hydrogen (secondary N) is 2. The van der Waals surface area contributed by atoms with Gasteiger partial charge in [0.1, 0.15) is 5.75 Å². The molecule has 0 bridgehead atoms. The third kappa shape index (κ3) is 5.43. The van der Waals surface area contributed by atoms with Crippen molar-refractivity contribution >= 4 is 38.5 Å². The topological polar surface area (TPSA) is 96.9 Å². The minimum absolute atomic E-state index is 0.313. The Morgan fingerprint density at radius 1 is 1.39 bits per heavy atom. The molecule has 0 atom stereocenters. The fraction of sp³-hybridized carbons (Fsp3) is 0.429. The quantitative estimate of drug-likeness (QED) is 0.831. The Morgan fingerprint density at radius 3 is 2.74 bits per heavy atom. The first-order valence-electron chi connectivity index (χ1n) is 6.91. The maximum Gasteiger partial charge on any atom is 0.269 e. The highest BCUT2D eigenvalue weighted by molar-refractivity contribution is 8.14. The molecule has 0 saturated carbocycles. The van der Waals surface area contributed by atoms with E-state index in [2.05, 4.69) is 15.0 Å². The fourth-order valence-electron chi connectivity index (χ4n) is 1.84. The summed E-state index contributed by atoms with van der Waals surface area (Å²) in [5, 5.41) is 3.33. The van der Waals surface area contributed by atoms with Crippen molar-refractivity contribution in [2.24, 2.45) is 4.99 Å². The van der Waals surface area contributed by atoms with Gasteiger partial charge in [0.2, 0.25) is 10.0 Å². The first kappa shape index (κ1) is 17.6. The third-order valence-corrected chi connectivity index (χ3v) is 4.36. The van der Waals surface area contributed by atoms with Gasteiger partial charge in [0, 0.05) is 11.8 Å². The van der Waals surface area contributed by atoms with Crippen molar-refractivity contribution in [1.82, 2.24) is 5.32 Å². The van der Waals surface area contributed by atoms with Crippen molar-refractivity contribution in [2.75, 3.05) is 23.3 Å². The molecular formula is C14H19N3O4S2. The number of hydrogen-bond acceptors (Lipinski definition) is 6. The number of anilines is 1. The van der Waals surface area contributed by atoms with E-state index in [-0.39, 0.29) is 5.91 Å². The zero-order valence-electron chi connectivity index (χ0n) is 13.1. The van der Waals surface area contributed by atoms with E-state index < -0.39 is 15.6 Å². The highest BCUT2D eigenvalue weighted by Gasteiger charge is 2.31. The van der Waals surface area contributed by atoms with Crippen molar-refractivity contribution in [3.63, 3.8) is 0 Å². The smallest absolute Gasteiger partial charge is 0.269 e. The van der Waals surface area contributed by atoms with Gasteiger partial charge in [-0.1, -0.05) is 17.8 Å². The minimum Gasteiger partial charge on any atom is -0.478 e. The number of thioether (sulfide) groups is 1. The Kier molecular flexibility index (Phi) is 5.20. The van der Waals surface area contributed by atoms with Gasteiger partial charge in [0.25, 0.3) is 5.91 Å². The first-order chi connectivity index (χ1) is 10.7. The van der Waals surface area contributed by atoms with Crippen LogP contribution in [0.1, 0.15) is 13.8 Å². The molecule has 1 aromatic rings. The molecule has 0 fully saturated rings. The number of aliphatic imine (C=N–C) groups is 1. The maximum atomic E-state index is 12.3. The summed E-state index contributed by atoms with van der Waals surface area (Å²) in [6.45, 7) is 3.97. The van der Waals surface area contributed by atoms with E-state index in [4.69, 9.17) is 4.74 Å². The molecule has 1 aliphatic heterocycles. The van der Waals surface area contributed by atoms with Gasteiger partial charge >= 0.3 is 0 Å². The second-order valence-electron chi connectivity index (χ2n) is 5.50. The van der Waals surface area contributed by atoms with Crippen molar-refractivity contribution in [2.45, 2.75) is 19.4 Å².